The van der Waals surface area contributed by atoms with Crippen molar-refractivity contribution in [2.75, 3.05) is 6.54 Å². The van der Waals surface area contributed by atoms with E-state index in [0.29, 0.717) is 0 Å². The van der Waals surface area contributed by atoms with Crippen molar-refractivity contribution in [2.24, 2.45) is 0 Å². The zero-order valence-electron chi connectivity index (χ0n) is 8.06. The first-order valence-corrected chi connectivity index (χ1v) is 5.70. The molecular formula is C11H10Cl2N2. The molecule has 0 amide bonds. The first-order chi connectivity index (χ1) is 7.27. The highest BCUT2D eigenvalue weighted by Crippen LogP contribution is 2.33. The molecule has 0 aliphatic carbocycles. The van der Waals surface area contributed by atoms with Crippen molar-refractivity contribution in [1.82, 2.24) is 9.88 Å². The number of benzene rings is 1. The Balaban J connectivity index is 2.38. The molecule has 2 heterocycles. The standard InChI is InChI=1S/C11H10Cl2N2/c12-7-1-2-9-8(5-7)11(13)10-6-14-3-4-15(9)10/h1-2,5,14H,3-4,6H2. The van der Waals surface area contributed by atoms with Gasteiger partial charge in [-0.3, -0.25) is 0 Å². The molecule has 0 saturated carbocycles. The fourth-order valence-corrected chi connectivity index (χ4v) is 2.66. The molecule has 0 unspecified atom stereocenters. The van der Waals surface area contributed by atoms with Crippen molar-refractivity contribution in [2.45, 2.75) is 13.1 Å². The molecule has 0 saturated heterocycles. The van der Waals surface area contributed by atoms with Crippen molar-refractivity contribution in [3.05, 3.63) is 33.9 Å². The molecule has 1 N–H and O–H groups in total. The summed E-state index contributed by atoms with van der Waals surface area (Å²) < 4.78 is 2.27. The van der Waals surface area contributed by atoms with Crippen LogP contribution < -0.4 is 5.32 Å². The topological polar surface area (TPSA) is 17.0 Å². The van der Waals surface area contributed by atoms with Gasteiger partial charge in [-0.2, -0.15) is 0 Å². The Bertz CT molecular complexity index is 531. The summed E-state index contributed by atoms with van der Waals surface area (Å²) in [5.41, 5.74) is 2.35. The lowest BCUT2D eigenvalue weighted by atomic mass is 10.2. The van der Waals surface area contributed by atoms with E-state index in [4.69, 9.17) is 23.2 Å². The first-order valence-electron chi connectivity index (χ1n) is 4.94. The summed E-state index contributed by atoms with van der Waals surface area (Å²) in [6.45, 7) is 2.81. The van der Waals surface area contributed by atoms with Crippen LogP contribution in [0, 0.1) is 0 Å². The largest absolute Gasteiger partial charge is 0.341 e. The maximum absolute atomic E-state index is 6.33. The van der Waals surface area contributed by atoms with Gasteiger partial charge in [-0.1, -0.05) is 23.2 Å². The van der Waals surface area contributed by atoms with Gasteiger partial charge in [0.25, 0.3) is 0 Å². The van der Waals surface area contributed by atoms with E-state index in [0.717, 1.165) is 35.1 Å². The molecule has 1 aliphatic heterocycles. The molecule has 0 fully saturated rings. The predicted octanol–water partition coefficient (Wildman–Crippen LogP) is 3.05. The number of nitrogens with zero attached hydrogens (tertiary/aromatic N) is 1. The van der Waals surface area contributed by atoms with Gasteiger partial charge in [0.1, 0.15) is 0 Å². The van der Waals surface area contributed by atoms with Gasteiger partial charge in [0.2, 0.25) is 0 Å². The number of nitrogens with one attached hydrogen (secondary N) is 1. The molecule has 2 aromatic rings. The summed E-state index contributed by atoms with van der Waals surface area (Å²) in [7, 11) is 0. The molecule has 0 spiro atoms. The first kappa shape index (κ1) is 9.52. The second-order valence-electron chi connectivity index (χ2n) is 3.75. The molecule has 0 atom stereocenters. The number of rotatable bonds is 0. The van der Waals surface area contributed by atoms with E-state index < -0.39 is 0 Å². The fourth-order valence-electron chi connectivity index (χ4n) is 2.16. The molecule has 4 heteroatoms. The van der Waals surface area contributed by atoms with Gasteiger partial charge in [0, 0.05) is 35.6 Å². The molecule has 1 aromatic heterocycles. The Morgan fingerprint density at radius 3 is 3.00 bits per heavy atom. The third-order valence-corrected chi connectivity index (χ3v) is 3.53. The summed E-state index contributed by atoms with van der Waals surface area (Å²) in [4.78, 5) is 0. The van der Waals surface area contributed by atoms with E-state index in [-0.39, 0.29) is 0 Å². The smallest absolute Gasteiger partial charge is 0.0707 e. The monoisotopic (exact) mass is 240 g/mol. The highest BCUT2D eigenvalue weighted by atomic mass is 35.5. The molecule has 1 aliphatic rings. The maximum atomic E-state index is 6.33. The average molecular weight is 241 g/mol. The van der Waals surface area contributed by atoms with Crippen LogP contribution >= 0.6 is 23.2 Å². The van der Waals surface area contributed by atoms with Crippen molar-refractivity contribution in [3.63, 3.8) is 0 Å². The van der Waals surface area contributed by atoms with Crippen LogP contribution in [0.5, 0.6) is 0 Å². The number of aromatic nitrogens is 1. The molecule has 15 heavy (non-hydrogen) atoms. The van der Waals surface area contributed by atoms with E-state index in [2.05, 4.69) is 9.88 Å². The van der Waals surface area contributed by atoms with Crippen LogP contribution in [-0.4, -0.2) is 11.1 Å². The van der Waals surface area contributed by atoms with Crippen molar-refractivity contribution in [3.8, 4) is 0 Å². The van der Waals surface area contributed by atoms with Crippen LogP contribution in [0.25, 0.3) is 10.9 Å². The number of halogens is 2. The molecule has 1 aromatic carbocycles. The van der Waals surface area contributed by atoms with Crippen molar-refractivity contribution < 1.29 is 0 Å². The molecule has 2 nitrogen and oxygen atoms in total. The van der Waals surface area contributed by atoms with E-state index >= 15 is 0 Å². The van der Waals surface area contributed by atoms with Crippen molar-refractivity contribution in [1.29, 1.82) is 0 Å². The quantitative estimate of drug-likeness (QED) is 0.750. The van der Waals surface area contributed by atoms with Gasteiger partial charge in [0.05, 0.1) is 10.7 Å². The SMILES string of the molecule is Clc1ccc2c(c1)c(Cl)c1n2CCNC1. The minimum absolute atomic E-state index is 0.736. The lowest BCUT2D eigenvalue weighted by Crippen LogP contribution is -2.27. The molecular weight excluding hydrogens is 231 g/mol. The molecule has 0 bridgehead atoms. The highest BCUT2D eigenvalue weighted by Gasteiger charge is 2.17. The summed E-state index contributed by atoms with van der Waals surface area (Å²) in [5, 5.41) is 5.95. The van der Waals surface area contributed by atoms with Gasteiger partial charge in [-0.25, -0.2) is 0 Å². The summed E-state index contributed by atoms with van der Waals surface area (Å²) in [6, 6.07) is 5.89. The van der Waals surface area contributed by atoms with Gasteiger partial charge in [-0.05, 0) is 18.2 Å². The number of fused-ring (bicyclic) bond motifs is 3. The maximum Gasteiger partial charge on any atom is 0.0707 e. The second-order valence-corrected chi connectivity index (χ2v) is 4.56. The number of hydrogen-bond acceptors (Lipinski definition) is 1. The summed E-state index contributed by atoms with van der Waals surface area (Å²) >= 11 is 12.3. The zero-order valence-corrected chi connectivity index (χ0v) is 9.57. The lowest BCUT2D eigenvalue weighted by Gasteiger charge is -2.17. The Kier molecular flexibility index (Phi) is 2.16. The zero-order chi connectivity index (χ0) is 10.4. The predicted molar refractivity (Wildman–Crippen MR) is 63.7 cm³/mol. The Hall–Kier alpha value is -0.700. The third-order valence-electron chi connectivity index (χ3n) is 2.87. The summed E-state index contributed by atoms with van der Waals surface area (Å²) in [5.74, 6) is 0. The van der Waals surface area contributed by atoms with E-state index in [1.165, 1.54) is 11.2 Å². The van der Waals surface area contributed by atoms with Crippen LogP contribution in [0.3, 0.4) is 0 Å². The van der Waals surface area contributed by atoms with Crippen LogP contribution in [0.2, 0.25) is 10.0 Å². The molecule has 0 radical (unpaired) electrons. The minimum Gasteiger partial charge on any atom is -0.341 e. The van der Waals surface area contributed by atoms with Gasteiger partial charge in [0.15, 0.2) is 0 Å². The number of hydrogen-bond donors (Lipinski definition) is 1. The van der Waals surface area contributed by atoms with Gasteiger partial charge >= 0.3 is 0 Å². The Morgan fingerprint density at radius 2 is 2.13 bits per heavy atom. The van der Waals surface area contributed by atoms with Gasteiger partial charge < -0.3 is 9.88 Å². The highest BCUT2D eigenvalue weighted by molar-refractivity contribution is 6.37. The normalized spacial score (nSPS) is 15.6. The lowest BCUT2D eigenvalue weighted by molar-refractivity contribution is 0.527. The fraction of sp³-hybridized carbons (Fsp3) is 0.273. The van der Waals surface area contributed by atoms with E-state index in [1.54, 1.807) is 0 Å². The molecule has 3 rings (SSSR count). The van der Waals surface area contributed by atoms with Crippen LogP contribution in [-0.2, 0) is 13.1 Å². The minimum atomic E-state index is 0.736. The Labute approximate surface area is 97.8 Å². The summed E-state index contributed by atoms with van der Waals surface area (Å²) in [6.07, 6.45) is 0. The average Bonchev–Trinajstić information content (AvgIpc) is 2.54. The van der Waals surface area contributed by atoms with Crippen LogP contribution in [0.1, 0.15) is 5.69 Å². The van der Waals surface area contributed by atoms with Gasteiger partial charge in [-0.15, -0.1) is 0 Å². The van der Waals surface area contributed by atoms with Crippen molar-refractivity contribution >= 4 is 34.1 Å². The van der Waals surface area contributed by atoms with E-state index in [1.807, 2.05) is 18.2 Å². The van der Waals surface area contributed by atoms with E-state index in [9.17, 15) is 0 Å². The Morgan fingerprint density at radius 1 is 1.27 bits per heavy atom. The third kappa shape index (κ3) is 1.36. The second kappa shape index (κ2) is 3.41. The molecule has 78 valence electrons. The van der Waals surface area contributed by atoms with Crippen LogP contribution in [0.4, 0.5) is 0 Å². The van der Waals surface area contributed by atoms with Crippen LogP contribution in [0.15, 0.2) is 18.2 Å².